The number of rotatable bonds is 9. The summed E-state index contributed by atoms with van der Waals surface area (Å²) < 4.78 is 5.37. The van der Waals surface area contributed by atoms with Crippen LogP contribution in [0.1, 0.15) is 40.5 Å². The van der Waals surface area contributed by atoms with Crippen molar-refractivity contribution in [2.24, 2.45) is 0 Å². The summed E-state index contributed by atoms with van der Waals surface area (Å²) in [5.74, 6) is 0. The second kappa shape index (κ2) is 9.13. The van der Waals surface area contributed by atoms with Crippen LogP contribution in [0.3, 0.4) is 0 Å². The van der Waals surface area contributed by atoms with Gasteiger partial charge >= 0.3 is 0 Å². The molecule has 0 amide bonds. The minimum Gasteiger partial charge on any atom is -0.380 e. The summed E-state index contributed by atoms with van der Waals surface area (Å²) in [6.45, 7) is 13.5. The van der Waals surface area contributed by atoms with E-state index in [4.69, 9.17) is 4.74 Å². The number of hydrogen-bond acceptors (Lipinski definition) is 3. The SMILES string of the molecule is CCCOCCNCCCNC(C)(C)C. The first kappa shape index (κ1) is 14.9. The summed E-state index contributed by atoms with van der Waals surface area (Å²) >= 11 is 0. The molecular weight excluding hydrogens is 188 g/mol. The van der Waals surface area contributed by atoms with Crippen molar-refractivity contribution in [2.75, 3.05) is 32.8 Å². The number of hydrogen-bond donors (Lipinski definition) is 2. The molecule has 0 aliphatic carbocycles. The van der Waals surface area contributed by atoms with Crippen LogP contribution >= 0.6 is 0 Å². The van der Waals surface area contributed by atoms with Crippen molar-refractivity contribution >= 4 is 0 Å². The zero-order chi connectivity index (χ0) is 11.6. The van der Waals surface area contributed by atoms with Crippen LogP contribution in [-0.2, 0) is 4.74 Å². The molecule has 0 atom stereocenters. The molecule has 0 saturated carbocycles. The van der Waals surface area contributed by atoms with E-state index in [1.807, 2.05) is 0 Å². The molecule has 0 aliphatic rings. The first-order chi connectivity index (χ1) is 7.06. The van der Waals surface area contributed by atoms with Crippen molar-refractivity contribution in [2.45, 2.75) is 46.1 Å². The van der Waals surface area contributed by atoms with Gasteiger partial charge in [-0.15, -0.1) is 0 Å². The Labute approximate surface area is 95.0 Å². The minimum atomic E-state index is 0.240. The highest BCUT2D eigenvalue weighted by Crippen LogP contribution is 1.97. The van der Waals surface area contributed by atoms with E-state index in [1.165, 1.54) is 6.42 Å². The molecule has 15 heavy (non-hydrogen) atoms. The fourth-order valence-corrected chi connectivity index (χ4v) is 1.19. The molecule has 0 bridgehead atoms. The van der Waals surface area contributed by atoms with Crippen molar-refractivity contribution in [3.05, 3.63) is 0 Å². The molecule has 0 heterocycles. The van der Waals surface area contributed by atoms with Gasteiger partial charge in [-0.3, -0.25) is 0 Å². The van der Waals surface area contributed by atoms with Gasteiger partial charge in [-0.2, -0.15) is 0 Å². The second-order valence-electron chi connectivity index (χ2n) is 4.89. The maximum Gasteiger partial charge on any atom is 0.0590 e. The van der Waals surface area contributed by atoms with E-state index >= 15 is 0 Å². The Balaban J connectivity index is 2.99. The molecule has 0 spiro atoms. The van der Waals surface area contributed by atoms with E-state index in [9.17, 15) is 0 Å². The second-order valence-corrected chi connectivity index (χ2v) is 4.89. The molecule has 0 unspecified atom stereocenters. The Kier molecular flexibility index (Phi) is 9.06. The topological polar surface area (TPSA) is 33.3 Å². The predicted molar refractivity (Wildman–Crippen MR) is 66.4 cm³/mol. The molecule has 2 N–H and O–H groups in total. The Hall–Kier alpha value is -0.120. The van der Waals surface area contributed by atoms with E-state index in [0.29, 0.717) is 0 Å². The largest absolute Gasteiger partial charge is 0.380 e. The highest BCUT2D eigenvalue weighted by molar-refractivity contribution is 4.69. The monoisotopic (exact) mass is 216 g/mol. The Morgan fingerprint density at radius 2 is 1.73 bits per heavy atom. The number of ether oxygens (including phenoxy) is 1. The van der Waals surface area contributed by atoms with Gasteiger partial charge in [0.25, 0.3) is 0 Å². The summed E-state index contributed by atoms with van der Waals surface area (Å²) in [7, 11) is 0. The highest BCUT2D eigenvalue weighted by Gasteiger charge is 2.06. The van der Waals surface area contributed by atoms with Crippen LogP contribution in [0.25, 0.3) is 0 Å². The van der Waals surface area contributed by atoms with Crippen LogP contribution in [0, 0.1) is 0 Å². The molecule has 0 aromatic rings. The van der Waals surface area contributed by atoms with Crippen molar-refractivity contribution in [1.82, 2.24) is 10.6 Å². The van der Waals surface area contributed by atoms with E-state index in [1.54, 1.807) is 0 Å². The molecule has 0 aromatic heterocycles. The fourth-order valence-electron chi connectivity index (χ4n) is 1.19. The Morgan fingerprint density at radius 3 is 2.33 bits per heavy atom. The molecule has 0 radical (unpaired) electrons. The predicted octanol–water partition coefficient (Wildman–Crippen LogP) is 1.78. The van der Waals surface area contributed by atoms with Crippen LogP contribution in [0.4, 0.5) is 0 Å². The van der Waals surface area contributed by atoms with Crippen LogP contribution in [-0.4, -0.2) is 38.4 Å². The average molecular weight is 216 g/mol. The zero-order valence-corrected chi connectivity index (χ0v) is 10.9. The van der Waals surface area contributed by atoms with Gasteiger partial charge in [0.05, 0.1) is 6.61 Å². The average Bonchev–Trinajstić information content (AvgIpc) is 2.14. The quantitative estimate of drug-likeness (QED) is 0.576. The van der Waals surface area contributed by atoms with Gasteiger partial charge in [0.2, 0.25) is 0 Å². The molecule has 3 nitrogen and oxygen atoms in total. The first-order valence-corrected chi connectivity index (χ1v) is 6.10. The van der Waals surface area contributed by atoms with Gasteiger partial charge in [-0.05, 0) is 46.7 Å². The van der Waals surface area contributed by atoms with Gasteiger partial charge in [-0.1, -0.05) is 6.92 Å². The van der Waals surface area contributed by atoms with Crippen LogP contribution in [0.5, 0.6) is 0 Å². The van der Waals surface area contributed by atoms with Crippen LogP contribution in [0.2, 0.25) is 0 Å². The van der Waals surface area contributed by atoms with Gasteiger partial charge in [0.1, 0.15) is 0 Å². The molecule has 0 aliphatic heterocycles. The lowest BCUT2D eigenvalue weighted by atomic mass is 10.1. The van der Waals surface area contributed by atoms with E-state index < -0.39 is 0 Å². The third kappa shape index (κ3) is 13.9. The maximum absolute atomic E-state index is 5.37. The van der Waals surface area contributed by atoms with Crippen molar-refractivity contribution in [1.29, 1.82) is 0 Å². The summed E-state index contributed by atoms with van der Waals surface area (Å²) in [5.41, 5.74) is 0.240. The first-order valence-electron chi connectivity index (χ1n) is 6.10. The molecule has 0 rings (SSSR count). The van der Waals surface area contributed by atoms with Crippen LogP contribution < -0.4 is 10.6 Å². The molecule has 0 fully saturated rings. The van der Waals surface area contributed by atoms with E-state index in [0.717, 1.165) is 39.3 Å². The minimum absolute atomic E-state index is 0.240. The van der Waals surface area contributed by atoms with Crippen LogP contribution in [0.15, 0.2) is 0 Å². The van der Waals surface area contributed by atoms with Gasteiger partial charge in [0, 0.05) is 18.7 Å². The Morgan fingerprint density at radius 1 is 1.00 bits per heavy atom. The normalized spacial score (nSPS) is 12.0. The summed E-state index contributed by atoms with van der Waals surface area (Å²) in [6.07, 6.45) is 2.28. The number of nitrogens with one attached hydrogen (secondary N) is 2. The van der Waals surface area contributed by atoms with Crippen molar-refractivity contribution in [3.63, 3.8) is 0 Å². The fraction of sp³-hybridized carbons (Fsp3) is 1.00. The van der Waals surface area contributed by atoms with Crippen molar-refractivity contribution in [3.8, 4) is 0 Å². The molecule has 3 heteroatoms. The molecule has 0 saturated heterocycles. The highest BCUT2D eigenvalue weighted by atomic mass is 16.5. The lowest BCUT2D eigenvalue weighted by molar-refractivity contribution is 0.136. The summed E-state index contributed by atoms with van der Waals surface area (Å²) in [5, 5.41) is 6.83. The molecule has 0 aromatic carbocycles. The zero-order valence-electron chi connectivity index (χ0n) is 10.9. The van der Waals surface area contributed by atoms with E-state index in [-0.39, 0.29) is 5.54 Å². The standard InChI is InChI=1S/C12H28N2O/c1-5-10-15-11-9-13-7-6-8-14-12(2,3)4/h13-14H,5-11H2,1-4H3. The van der Waals surface area contributed by atoms with Gasteiger partial charge in [-0.25, -0.2) is 0 Å². The van der Waals surface area contributed by atoms with E-state index in [2.05, 4.69) is 38.3 Å². The van der Waals surface area contributed by atoms with Crippen molar-refractivity contribution < 1.29 is 4.74 Å². The molecule has 92 valence electrons. The smallest absolute Gasteiger partial charge is 0.0590 e. The third-order valence-electron chi connectivity index (χ3n) is 1.96. The van der Waals surface area contributed by atoms with Gasteiger partial charge in [0.15, 0.2) is 0 Å². The van der Waals surface area contributed by atoms with Gasteiger partial charge < -0.3 is 15.4 Å². The maximum atomic E-state index is 5.37. The lowest BCUT2D eigenvalue weighted by Crippen LogP contribution is -2.37. The third-order valence-corrected chi connectivity index (χ3v) is 1.96. The lowest BCUT2D eigenvalue weighted by Gasteiger charge is -2.20. The Bertz CT molecular complexity index is 132. The summed E-state index contributed by atoms with van der Waals surface area (Å²) in [6, 6.07) is 0. The molecular formula is C12H28N2O. The summed E-state index contributed by atoms with van der Waals surface area (Å²) in [4.78, 5) is 0.